The fourth-order valence-electron chi connectivity index (χ4n) is 2.56. The van der Waals surface area contributed by atoms with E-state index < -0.39 is 29.4 Å². The topological polar surface area (TPSA) is 99.7 Å². The number of rotatable bonds is 2. The van der Waals surface area contributed by atoms with E-state index in [1.165, 1.54) is 17.0 Å². The number of nitrogens with one attached hydrogen (secondary N) is 1. The van der Waals surface area contributed by atoms with Gasteiger partial charge in [0.1, 0.15) is 5.82 Å². The van der Waals surface area contributed by atoms with Gasteiger partial charge in [-0.15, -0.1) is 0 Å². The Morgan fingerprint density at radius 2 is 2.13 bits per heavy atom. The van der Waals surface area contributed by atoms with E-state index in [1.54, 1.807) is 0 Å². The van der Waals surface area contributed by atoms with Crippen LogP contribution in [0.1, 0.15) is 10.4 Å². The van der Waals surface area contributed by atoms with Crippen molar-refractivity contribution in [1.82, 2.24) is 9.88 Å². The van der Waals surface area contributed by atoms with Crippen LogP contribution in [-0.2, 0) is 9.53 Å². The number of nitrogens with zero attached hydrogens (tertiary/aromatic N) is 1. The van der Waals surface area contributed by atoms with E-state index in [4.69, 9.17) is 9.84 Å². The van der Waals surface area contributed by atoms with Crippen LogP contribution in [0.25, 0.3) is 10.9 Å². The van der Waals surface area contributed by atoms with E-state index in [-0.39, 0.29) is 30.8 Å². The molecule has 2 N–H and O–H groups in total. The summed E-state index contributed by atoms with van der Waals surface area (Å²) in [5.41, 5.74) is -0.215. The molecule has 1 aromatic heterocycles. The van der Waals surface area contributed by atoms with Crippen molar-refractivity contribution in [3.05, 3.63) is 46.0 Å². The molecule has 2 heterocycles. The number of fused-ring (bicyclic) bond motifs is 1. The van der Waals surface area contributed by atoms with Crippen molar-refractivity contribution in [1.29, 1.82) is 0 Å². The fraction of sp³-hybridized carbons (Fsp3) is 0.267. The maximum Gasteiger partial charge on any atom is 0.334 e. The van der Waals surface area contributed by atoms with E-state index in [0.717, 1.165) is 12.1 Å². The van der Waals surface area contributed by atoms with E-state index in [9.17, 15) is 18.8 Å². The molecule has 0 bridgehead atoms. The Morgan fingerprint density at radius 3 is 2.87 bits per heavy atom. The Bertz CT molecular complexity index is 847. The third kappa shape index (κ3) is 2.93. The molecule has 0 radical (unpaired) electrons. The van der Waals surface area contributed by atoms with Crippen LogP contribution in [0.2, 0.25) is 0 Å². The molecule has 7 nitrogen and oxygen atoms in total. The van der Waals surface area contributed by atoms with Gasteiger partial charge in [0.25, 0.3) is 5.91 Å². The van der Waals surface area contributed by atoms with Gasteiger partial charge in [-0.2, -0.15) is 0 Å². The largest absolute Gasteiger partial charge is 0.479 e. The first-order valence-corrected chi connectivity index (χ1v) is 6.92. The zero-order chi connectivity index (χ0) is 16.6. The summed E-state index contributed by atoms with van der Waals surface area (Å²) in [4.78, 5) is 39.2. The van der Waals surface area contributed by atoms with Crippen LogP contribution in [0.4, 0.5) is 4.39 Å². The SMILES string of the molecule is O=C(O)[C@H]1CN(C(=O)c2cc(=O)[nH]c3cc(F)ccc23)CCO1. The van der Waals surface area contributed by atoms with Gasteiger partial charge in [0.2, 0.25) is 5.56 Å². The number of benzene rings is 1. The van der Waals surface area contributed by atoms with Crippen molar-refractivity contribution in [2.24, 2.45) is 0 Å². The summed E-state index contributed by atoms with van der Waals surface area (Å²) in [7, 11) is 0. The maximum atomic E-state index is 13.3. The number of carbonyl (C=O) groups is 2. The number of aromatic amines is 1. The van der Waals surface area contributed by atoms with Crippen molar-refractivity contribution in [2.75, 3.05) is 19.7 Å². The molecule has 2 aromatic rings. The molecule has 1 aromatic carbocycles. The molecule has 0 aliphatic carbocycles. The molecular weight excluding hydrogens is 307 g/mol. The zero-order valence-corrected chi connectivity index (χ0v) is 11.9. The van der Waals surface area contributed by atoms with Crippen molar-refractivity contribution >= 4 is 22.8 Å². The molecule has 8 heteroatoms. The number of ether oxygens (including phenoxy) is 1. The lowest BCUT2D eigenvalue weighted by atomic mass is 10.1. The highest BCUT2D eigenvalue weighted by Crippen LogP contribution is 2.19. The van der Waals surface area contributed by atoms with Gasteiger partial charge in [0, 0.05) is 18.0 Å². The van der Waals surface area contributed by atoms with Gasteiger partial charge in [-0.1, -0.05) is 0 Å². The molecule has 1 aliphatic heterocycles. The summed E-state index contributed by atoms with van der Waals surface area (Å²) in [5, 5.41) is 9.39. The third-order valence-electron chi connectivity index (χ3n) is 3.66. The van der Waals surface area contributed by atoms with Crippen LogP contribution in [0.15, 0.2) is 29.1 Å². The van der Waals surface area contributed by atoms with Crippen molar-refractivity contribution in [2.45, 2.75) is 6.10 Å². The Hall–Kier alpha value is -2.74. The van der Waals surface area contributed by atoms with Gasteiger partial charge in [-0.05, 0) is 18.2 Å². The molecule has 0 unspecified atom stereocenters. The Balaban J connectivity index is 2.00. The number of H-pyrrole nitrogens is 1. The fourth-order valence-corrected chi connectivity index (χ4v) is 2.56. The molecular formula is C15H13FN2O5. The molecule has 1 amide bonds. The number of carboxylic acid groups (broad SMARTS) is 1. The molecule has 23 heavy (non-hydrogen) atoms. The van der Waals surface area contributed by atoms with E-state index >= 15 is 0 Å². The number of hydrogen-bond acceptors (Lipinski definition) is 4. The van der Waals surface area contributed by atoms with Crippen LogP contribution in [-0.4, -0.2) is 52.7 Å². The number of carboxylic acids is 1. The lowest BCUT2D eigenvalue weighted by Crippen LogP contribution is -2.48. The first kappa shape index (κ1) is 15.2. The number of carbonyl (C=O) groups excluding carboxylic acids is 1. The average Bonchev–Trinajstić information content (AvgIpc) is 2.53. The van der Waals surface area contributed by atoms with Gasteiger partial charge in [0.05, 0.1) is 24.2 Å². The minimum Gasteiger partial charge on any atom is -0.479 e. The Labute approximate surface area is 129 Å². The molecule has 0 saturated carbocycles. The zero-order valence-electron chi connectivity index (χ0n) is 11.9. The van der Waals surface area contributed by atoms with Crippen molar-refractivity contribution < 1.29 is 23.8 Å². The average molecular weight is 320 g/mol. The second-order valence-electron chi connectivity index (χ2n) is 5.19. The minimum atomic E-state index is -1.15. The predicted molar refractivity (Wildman–Crippen MR) is 77.8 cm³/mol. The number of amides is 1. The molecule has 3 rings (SSSR count). The van der Waals surface area contributed by atoms with E-state index in [2.05, 4.69) is 4.98 Å². The van der Waals surface area contributed by atoms with Crippen LogP contribution >= 0.6 is 0 Å². The van der Waals surface area contributed by atoms with E-state index in [1.807, 2.05) is 0 Å². The summed E-state index contributed by atoms with van der Waals surface area (Å²) in [6, 6.07) is 4.86. The monoisotopic (exact) mass is 320 g/mol. The smallest absolute Gasteiger partial charge is 0.334 e. The van der Waals surface area contributed by atoms with Gasteiger partial charge in [-0.3, -0.25) is 9.59 Å². The van der Waals surface area contributed by atoms with Crippen LogP contribution in [0.5, 0.6) is 0 Å². The quantitative estimate of drug-likeness (QED) is 0.844. The standard InChI is InChI=1S/C15H13FN2O5/c16-8-1-2-9-10(6-13(19)17-11(9)5-8)14(20)18-3-4-23-12(7-18)15(21)22/h1-2,5-6,12H,3-4,7H2,(H,17,19)(H,21,22)/t12-/m1/s1. The van der Waals surface area contributed by atoms with Crippen LogP contribution < -0.4 is 5.56 Å². The lowest BCUT2D eigenvalue weighted by molar-refractivity contribution is -0.154. The second-order valence-corrected chi connectivity index (χ2v) is 5.19. The Morgan fingerprint density at radius 1 is 1.35 bits per heavy atom. The van der Waals surface area contributed by atoms with Gasteiger partial charge in [-0.25, -0.2) is 9.18 Å². The van der Waals surface area contributed by atoms with Crippen molar-refractivity contribution in [3.63, 3.8) is 0 Å². The Kier molecular flexibility index (Phi) is 3.83. The number of aliphatic carboxylic acids is 1. The number of morpholine rings is 1. The molecule has 1 saturated heterocycles. The number of hydrogen-bond donors (Lipinski definition) is 2. The highest BCUT2D eigenvalue weighted by atomic mass is 19.1. The van der Waals surface area contributed by atoms with E-state index in [0.29, 0.717) is 5.39 Å². The second kappa shape index (κ2) is 5.81. The molecule has 1 fully saturated rings. The van der Waals surface area contributed by atoms with Crippen LogP contribution in [0, 0.1) is 5.82 Å². The first-order valence-electron chi connectivity index (χ1n) is 6.92. The maximum absolute atomic E-state index is 13.3. The summed E-state index contributed by atoms with van der Waals surface area (Å²) < 4.78 is 18.4. The lowest BCUT2D eigenvalue weighted by Gasteiger charge is -2.31. The highest BCUT2D eigenvalue weighted by molar-refractivity contribution is 6.06. The van der Waals surface area contributed by atoms with Crippen molar-refractivity contribution in [3.8, 4) is 0 Å². The summed E-state index contributed by atoms with van der Waals surface area (Å²) in [6.45, 7) is 0.209. The summed E-state index contributed by atoms with van der Waals surface area (Å²) in [6.07, 6.45) is -1.10. The summed E-state index contributed by atoms with van der Waals surface area (Å²) >= 11 is 0. The minimum absolute atomic E-state index is 0.0957. The van der Waals surface area contributed by atoms with Crippen LogP contribution in [0.3, 0.4) is 0 Å². The number of halogens is 1. The summed E-state index contributed by atoms with van der Waals surface area (Å²) in [5.74, 6) is -2.17. The highest BCUT2D eigenvalue weighted by Gasteiger charge is 2.30. The molecule has 120 valence electrons. The molecule has 0 spiro atoms. The van der Waals surface area contributed by atoms with Gasteiger partial charge in [0.15, 0.2) is 6.10 Å². The third-order valence-corrected chi connectivity index (χ3v) is 3.66. The van der Waals surface area contributed by atoms with Gasteiger partial charge < -0.3 is 19.7 Å². The molecule has 1 aliphatic rings. The number of aromatic nitrogens is 1. The normalized spacial score (nSPS) is 18.1. The molecule has 1 atom stereocenters. The first-order chi connectivity index (χ1) is 11.0. The predicted octanol–water partition coefficient (Wildman–Crippen LogP) is 0.593. The van der Waals surface area contributed by atoms with Gasteiger partial charge >= 0.3 is 5.97 Å². The number of pyridine rings is 1.